The van der Waals surface area contributed by atoms with E-state index in [2.05, 4.69) is 22.0 Å². The number of hydrogen-bond donors (Lipinski definition) is 0. The predicted octanol–water partition coefficient (Wildman–Crippen LogP) is 4.96. The van der Waals surface area contributed by atoms with Crippen molar-refractivity contribution in [2.75, 3.05) is 33.9 Å². The standard InChI is InChI=1S/C30H37N3O6/c1-20-25(28(34)38-6)27(23-13-10-14-24(17-23)33(36)37)26(21(2)31-20)29(35)39-19-30(3,4)18-32(5)16-15-22-11-8-7-9-12-22/h7-14,17,25,27H,15-16,18-19H2,1-6H3. The molecule has 9 heteroatoms. The van der Waals surface area contributed by atoms with Crippen LogP contribution < -0.4 is 0 Å². The van der Waals surface area contributed by atoms with E-state index in [0.717, 1.165) is 13.0 Å². The topological polar surface area (TPSA) is 111 Å². The monoisotopic (exact) mass is 535 g/mol. The predicted molar refractivity (Wildman–Crippen MR) is 150 cm³/mol. The van der Waals surface area contributed by atoms with E-state index >= 15 is 0 Å². The van der Waals surface area contributed by atoms with Crippen LogP contribution in [0.1, 0.15) is 44.7 Å². The van der Waals surface area contributed by atoms with Gasteiger partial charge in [-0.1, -0.05) is 56.3 Å². The molecule has 0 saturated carbocycles. The molecule has 0 N–H and O–H groups in total. The van der Waals surface area contributed by atoms with E-state index in [0.29, 0.717) is 23.5 Å². The van der Waals surface area contributed by atoms with E-state index < -0.39 is 28.7 Å². The highest BCUT2D eigenvalue weighted by molar-refractivity contribution is 6.07. The third-order valence-corrected chi connectivity index (χ3v) is 6.86. The summed E-state index contributed by atoms with van der Waals surface area (Å²) in [6, 6.07) is 16.2. The van der Waals surface area contributed by atoms with Gasteiger partial charge in [-0.3, -0.25) is 19.9 Å². The lowest BCUT2D eigenvalue weighted by Crippen LogP contribution is -2.38. The Bertz CT molecular complexity index is 1270. The van der Waals surface area contributed by atoms with Gasteiger partial charge in [-0.05, 0) is 38.4 Å². The Morgan fingerprint density at radius 1 is 1.10 bits per heavy atom. The summed E-state index contributed by atoms with van der Waals surface area (Å²) in [5, 5.41) is 11.5. The second-order valence-electron chi connectivity index (χ2n) is 10.8. The smallest absolute Gasteiger partial charge is 0.336 e. The van der Waals surface area contributed by atoms with Crippen LogP contribution in [0.5, 0.6) is 0 Å². The molecule has 0 aromatic heterocycles. The number of methoxy groups -OCH3 is 1. The van der Waals surface area contributed by atoms with E-state index in [9.17, 15) is 19.7 Å². The molecule has 2 unspecified atom stereocenters. The van der Waals surface area contributed by atoms with Crippen LogP contribution in [0.2, 0.25) is 0 Å². The molecule has 0 spiro atoms. The second-order valence-corrected chi connectivity index (χ2v) is 10.8. The number of ether oxygens (including phenoxy) is 2. The van der Waals surface area contributed by atoms with Gasteiger partial charge in [0.2, 0.25) is 0 Å². The average Bonchev–Trinajstić information content (AvgIpc) is 2.90. The molecule has 0 aliphatic carbocycles. The van der Waals surface area contributed by atoms with Gasteiger partial charge < -0.3 is 14.4 Å². The first-order chi connectivity index (χ1) is 18.4. The highest BCUT2D eigenvalue weighted by atomic mass is 16.6. The first-order valence-electron chi connectivity index (χ1n) is 12.9. The Morgan fingerprint density at radius 3 is 2.44 bits per heavy atom. The van der Waals surface area contributed by atoms with E-state index in [4.69, 9.17) is 9.47 Å². The lowest BCUT2D eigenvalue weighted by molar-refractivity contribution is -0.384. The number of nitrogens with zero attached hydrogens (tertiary/aromatic N) is 3. The quantitative estimate of drug-likeness (QED) is 0.227. The maximum absolute atomic E-state index is 13.6. The Balaban J connectivity index is 1.80. The fourth-order valence-electron chi connectivity index (χ4n) is 5.09. The van der Waals surface area contributed by atoms with Crippen LogP contribution in [0, 0.1) is 21.4 Å². The Labute approximate surface area is 229 Å². The third kappa shape index (κ3) is 7.60. The fourth-order valence-corrected chi connectivity index (χ4v) is 5.09. The molecule has 208 valence electrons. The van der Waals surface area contributed by atoms with Gasteiger partial charge in [-0.2, -0.15) is 0 Å². The van der Waals surface area contributed by atoms with Gasteiger partial charge in [0.15, 0.2) is 0 Å². The molecule has 0 radical (unpaired) electrons. The molecular formula is C30H37N3O6. The number of carbonyl (C=O) groups is 2. The molecule has 0 saturated heterocycles. The third-order valence-electron chi connectivity index (χ3n) is 6.86. The van der Waals surface area contributed by atoms with Gasteiger partial charge in [0.05, 0.1) is 24.2 Å². The van der Waals surface area contributed by atoms with E-state index in [1.807, 2.05) is 39.1 Å². The van der Waals surface area contributed by atoms with Crippen LogP contribution in [0.4, 0.5) is 5.69 Å². The number of rotatable bonds is 11. The molecule has 0 amide bonds. The molecular weight excluding hydrogens is 498 g/mol. The minimum absolute atomic E-state index is 0.138. The van der Waals surface area contributed by atoms with Crippen LogP contribution in [0.15, 0.2) is 70.9 Å². The fraction of sp³-hybridized carbons (Fsp3) is 0.433. The molecule has 3 rings (SSSR count). The molecule has 1 aliphatic rings. The normalized spacial score (nSPS) is 17.6. The summed E-state index contributed by atoms with van der Waals surface area (Å²) in [6.07, 6.45) is 0.913. The van der Waals surface area contributed by atoms with Gasteiger partial charge in [0.1, 0.15) is 5.92 Å². The summed E-state index contributed by atoms with van der Waals surface area (Å²) in [5.41, 5.74) is 2.29. The number of carbonyl (C=O) groups excluding carboxylic acids is 2. The number of aliphatic imine (C=N–C) groups is 1. The number of hydrogen-bond acceptors (Lipinski definition) is 8. The molecule has 1 heterocycles. The van der Waals surface area contributed by atoms with Gasteiger partial charge in [0.25, 0.3) is 5.69 Å². The van der Waals surface area contributed by atoms with Crippen LogP contribution >= 0.6 is 0 Å². The Hall–Kier alpha value is -3.85. The summed E-state index contributed by atoms with van der Waals surface area (Å²) >= 11 is 0. The lowest BCUT2D eigenvalue weighted by atomic mass is 9.75. The molecule has 2 atom stereocenters. The maximum atomic E-state index is 13.6. The summed E-state index contributed by atoms with van der Waals surface area (Å²) in [4.78, 5) is 44.0. The van der Waals surface area contributed by atoms with E-state index in [-0.39, 0.29) is 23.3 Å². The molecule has 0 bridgehead atoms. The number of nitro groups is 1. The summed E-state index contributed by atoms with van der Waals surface area (Å²) in [5.74, 6) is -2.93. The Kier molecular flexibility index (Phi) is 9.75. The van der Waals surface area contributed by atoms with Crippen molar-refractivity contribution in [3.8, 4) is 0 Å². The van der Waals surface area contributed by atoms with E-state index in [1.54, 1.807) is 19.9 Å². The zero-order valence-electron chi connectivity index (χ0n) is 23.5. The van der Waals surface area contributed by atoms with Crippen molar-refractivity contribution < 1.29 is 24.0 Å². The van der Waals surface area contributed by atoms with Crippen LogP contribution in [0.3, 0.4) is 0 Å². The molecule has 1 aliphatic heterocycles. The van der Waals surface area contributed by atoms with Crippen molar-refractivity contribution in [1.29, 1.82) is 0 Å². The van der Waals surface area contributed by atoms with Crippen molar-refractivity contribution in [1.82, 2.24) is 4.90 Å². The van der Waals surface area contributed by atoms with Crippen LogP contribution in [-0.4, -0.2) is 61.3 Å². The zero-order chi connectivity index (χ0) is 28.7. The number of non-ortho nitro benzene ring substituents is 1. The molecule has 0 fully saturated rings. The lowest BCUT2D eigenvalue weighted by Gasteiger charge is -2.33. The molecule has 2 aromatic carbocycles. The van der Waals surface area contributed by atoms with Crippen molar-refractivity contribution in [3.05, 3.63) is 87.1 Å². The number of nitro benzene ring substituents is 1. The van der Waals surface area contributed by atoms with Crippen molar-refractivity contribution in [2.45, 2.75) is 40.0 Å². The second kappa shape index (κ2) is 12.8. The average molecular weight is 536 g/mol. The molecule has 2 aromatic rings. The highest BCUT2D eigenvalue weighted by Crippen LogP contribution is 2.41. The van der Waals surface area contributed by atoms with Crippen LogP contribution in [0.25, 0.3) is 0 Å². The maximum Gasteiger partial charge on any atom is 0.336 e. The summed E-state index contributed by atoms with van der Waals surface area (Å²) in [7, 11) is 3.30. The largest absolute Gasteiger partial charge is 0.468 e. The SMILES string of the molecule is COC(=O)C1C(C)=NC(C)=C(C(=O)OCC(C)(C)CN(C)CCc2ccccc2)C1c1cccc([N+](=O)[O-])c1. The van der Waals surface area contributed by atoms with Gasteiger partial charge >= 0.3 is 11.9 Å². The van der Waals surface area contributed by atoms with Gasteiger partial charge in [0, 0.05) is 48.0 Å². The van der Waals surface area contributed by atoms with E-state index in [1.165, 1.54) is 30.9 Å². The van der Waals surface area contributed by atoms with Gasteiger partial charge in [-0.15, -0.1) is 0 Å². The van der Waals surface area contributed by atoms with Crippen molar-refractivity contribution in [3.63, 3.8) is 0 Å². The first-order valence-corrected chi connectivity index (χ1v) is 12.9. The Morgan fingerprint density at radius 2 is 1.79 bits per heavy atom. The van der Waals surface area contributed by atoms with Gasteiger partial charge in [-0.25, -0.2) is 4.79 Å². The number of benzene rings is 2. The number of likely N-dealkylation sites (N-methyl/N-ethyl adjacent to an activating group) is 1. The summed E-state index contributed by atoms with van der Waals surface area (Å²) < 4.78 is 10.9. The number of allylic oxidation sites excluding steroid dienone is 1. The minimum atomic E-state index is -0.916. The van der Waals surface area contributed by atoms with Crippen LogP contribution in [-0.2, 0) is 25.5 Å². The zero-order valence-corrected chi connectivity index (χ0v) is 23.5. The number of esters is 2. The molecule has 39 heavy (non-hydrogen) atoms. The summed E-state index contributed by atoms with van der Waals surface area (Å²) in [6.45, 7) is 9.12. The molecule has 9 nitrogen and oxygen atoms in total. The minimum Gasteiger partial charge on any atom is -0.468 e. The highest BCUT2D eigenvalue weighted by Gasteiger charge is 2.43. The first kappa shape index (κ1) is 29.7. The van der Waals surface area contributed by atoms with Crippen molar-refractivity contribution in [2.24, 2.45) is 16.3 Å². The van der Waals surface area contributed by atoms with Crippen molar-refractivity contribution >= 4 is 23.3 Å².